The number of oxazole rings is 1. The minimum atomic E-state index is -0.728. The summed E-state index contributed by atoms with van der Waals surface area (Å²) in [6.45, 7) is 6.91. The first kappa shape index (κ1) is 18.6. The third-order valence-corrected chi connectivity index (χ3v) is 3.82. The molecule has 0 aliphatic rings. The summed E-state index contributed by atoms with van der Waals surface area (Å²) in [6, 6.07) is 13.9. The zero-order valence-electron chi connectivity index (χ0n) is 15.8. The molecule has 6 heteroatoms. The second kappa shape index (κ2) is 7.23. The topological polar surface area (TPSA) is 81.4 Å². The fourth-order valence-corrected chi connectivity index (χ4v) is 2.58. The predicted molar refractivity (Wildman–Crippen MR) is 103 cm³/mol. The molecule has 0 saturated carbocycles. The smallest absolute Gasteiger partial charge is 0.408 e. The lowest BCUT2D eigenvalue weighted by Crippen LogP contribution is -2.41. The molecule has 2 aromatic carbocycles. The monoisotopic (exact) mass is 366 g/mol. The largest absolute Gasteiger partial charge is 0.444 e. The summed E-state index contributed by atoms with van der Waals surface area (Å²) in [5, 5.41) is 2.56. The van der Waals surface area contributed by atoms with Crippen molar-refractivity contribution in [3.8, 4) is 11.5 Å². The number of alkyl carbamates (subject to hydrolysis) is 1. The van der Waals surface area contributed by atoms with Gasteiger partial charge in [0.25, 0.3) is 0 Å². The zero-order valence-corrected chi connectivity index (χ0v) is 15.8. The molecule has 0 saturated heterocycles. The Morgan fingerprint density at radius 2 is 1.81 bits per heavy atom. The van der Waals surface area contributed by atoms with Gasteiger partial charge >= 0.3 is 6.09 Å². The Balaban J connectivity index is 1.78. The van der Waals surface area contributed by atoms with Gasteiger partial charge in [-0.15, -0.1) is 0 Å². The number of nitrogens with zero attached hydrogens (tertiary/aromatic N) is 1. The van der Waals surface area contributed by atoms with E-state index in [2.05, 4.69) is 10.3 Å². The maximum absolute atomic E-state index is 12.6. The van der Waals surface area contributed by atoms with Crippen LogP contribution in [0.5, 0.6) is 0 Å². The van der Waals surface area contributed by atoms with Gasteiger partial charge in [-0.2, -0.15) is 0 Å². The lowest BCUT2D eigenvalue weighted by Gasteiger charge is -2.21. The van der Waals surface area contributed by atoms with Gasteiger partial charge in [0.1, 0.15) is 11.1 Å². The van der Waals surface area contributed by atoms with Crippen molar-refractivity contribution < 1.29 is 18.7 Å². The number of Topliss-reactive ketones (excluding diaryl/α,β-unsaturated/α-hetero) is 1. The summed E-state index contributed by atoms with van der Waals surface area (Å²) in [7, 11) is 0. The lowest BCUT2D eigenvalue weighted by atomic mass is 10.1. The van der Waals surface area contributed by atoms with Crippen LogP contribution in [0.3, 0.4) is 0 Å². The van der Waals surface area contributed by atoms with E-state index in [1.807, 2.05) is 30.3 Å². The van der Waals surface area contributed by atoms with Gasteiger partial charge in [0.05, 0.1) is 6.04 Å². The van der Waals surface area contributed by atoms with E-state index in [-0.39, 0.29) is 5.78 Å². The number of aromatic nitrogens is 1. The Bertz CT molecular complexity index is 971. The van der Waals surface area contributed by atoms with Gasteiger partial charge in [0.15, 0.2) is 11.4 Å². The number of carbonyl (C=O) groups excluding carboxylic acids is 2. The second-order valence-corrected chi connectivity index (χ2v) is 7.30. The number of rotatable bonds is 4. The van der Waals surface area contributed by atoms with Crippen LogP contribution in [0.25, 0.3) is 22.6 Å². The quantitative estimate of drug-likeness (QED) is 0.683. The molecule has 0 bridgehead atoms. The normalized spacial score (nSPS) is 12.6. The molecule has 0 aliphatic carbocycles. The third-order valence-electron chi connectivity index (χ3n) is 3.82. The predicted octanol–water partition coefficient (Wildman–Crippen LogP) is 4.59. The molecule has 0 spiro atoms. The van der Waals surface area contributed by atoms with Gasteiger partial charge in [0, 0.05) is 11.1 Å². The van der Waals surface area contributed by atoms with E-state index in [0.29, 0.717) is 22.6 Å². The minimum absolute atomic E-state index is 0.236. The van der Waals surface area contributed by atoms with Crippen LogP contribution in [-0.4, -0.2) is 28.5 Å². The minimum Gasteiger partial charge on any atom is -0.444 e. The summed E-state index contributed by atoms with van der Waals surface area (Å²) >= 11 is 0. The van der Waals surface area contributed by atoms with Crippen LogP contribution in [-0.2, 0) is 4.74 Å². The molecule has 3 aromatic rings. The first-order valence-corrected chi connectivity index (χ1v) is 8.73. The van der Waals surface area contributed by atoms with E-state index < -0.39 is 17.7 Å². The van der Waals surface area contributed by atoms with Gasteiger partial charge < -0.3 is 14.5 Å². The van der Waals surface area contributed by atoms with Crippen LogP contribution in [0, 0.1) is 0 Å². The Kier molecular flexibility index (Phi) is 4.99. The van der Waals surface area contributed by atoms with Gasteiger partial charge in [-0.05, 0) is 58.0 Å². The standard InChI is InChI=1S/C21H22N2O4/c1-13(22-20(25)27-21(2,3)4)18(24)15-10-11-16-17(12-15)26-19(23-16)14-8-6-5-7-9-14/h5-13H,1-4H3,(H,22,25). The number of amides is 1. The summed E-state index contributed by atoms with van der Waals surface area (Å²) in [4.78, 5) is 28.9. The molecule has 1 aromatic heterocycles. The molecule has 0 aliphatic heterocycles. The Morgan fingerprint density at radius 1 is 1.11 bits per heavy atom. The number of nitrogens with one attached hydrogen (secondary N) is 1. The average Bonchev–Trinajstić information content (AvgIpc) is 3.03. The molecule has 0 fully saturated rings. The number of hydrogen-bond acceptors (Lipinski definition) is 5. The van der Waals surface area contributed by atoms with Crippen molar-refractivity contribution in [2.75, 3.05) is 0 Å². The van der Waals surface area contributed by atoms with Crippen molar-refractivity contribution >= 4 is 23.0 Å². The molecule has 3 rings (SSSR count). The molecule has 1 N–H and O–H groups in total. The summed E-state index contributed by atoms with van der Waals surface area (Å²) in [5.74, 6) is 0.260. The maximum atomic E-state index is 12.6. The van der Waals surface area contributed by atoms with Crippen LogP contribution >= 0.6 is 0 Å². The van der Waals surface area contributed by atoms with Gasteiger partial charge in [-0.25, -0.2) is 9.78 Å². The first-order chi connectivity index (χ1) is 12.7. The van der Waals surface area contributed by atoms with Crippen LogP contribution in [0.4, 0.5) is 4.79 Å². The van der Waals surface area contributed by atoms with E-state index in [9.17, 15) is 9.59 Å². The highest BCUT2D eigenvalue weighted by atomic mass is 16.6. The van der Waals surface area contributed by atoms with Crippen molar-refractivity contribution in [3.63, 3.8) is 0 Å². The Hall–Kier alpha value is -3.15. The highest BCUT2D eigenvalue weighted by Gasteiger charge is 2.22. The number of benzene rings is 2. The van der Waals surface area contributed by atoms with Crippen LogP contribution in [0.1, 0.15) is 38.1 Å². The van der Waals surface area contributed by atoms with Crippen LogP contribution < -0.4 is 5.32 Å². The number of ether oxygens (including phenoxy) is 1. The second-order valence-electron chi connectivity index (χ2n) is 7.30. The van der Waals surface area contributed by atoms with Crippen molar-refractivity contribution in [2.45, 2.75) is 39.3 Å². The highest BCUT2D eigenvalue weighted by Crippen LogP contribution is 2.25. The van der Waals surface area contributed by atoms with Crippen LogP contribution in [0.15, 0.2) is 52.9 Å². The fourth-order valence-electron chi connectivity index (χ4n) is 2.58. The molecule has 6 nitrogen and oxygen atoms in total. The van der Waals surface area contributed by atoms with Gasteiger partial charge in [-0.1, -0.05) is 18.2 Å². The molecular weight excluding hydrogens is 344 g/mol. The van der Waals surface area contributed by atoms with E-state index in [1.54, 1.807) is 45.9 Å². The third kappa shape index (κ3) is 4.53. The molecule has 1 amide bonds. The van der Waals surface area contributed by atoms with Gasteiger partial charge in [0.2, 0.25) is 5.89 Å². The molecule has 0 radical (unpaired) electrons. The van der Waals surface area contributed by atoms with Crippen LogP contribution in [0.2, 0.25) is 0 Å². The summed E-state index contributed by atoms with van der Waals surface area (Å²) in [6.07, 6.45) is -0.629. The number of ketones is 1. The Morgan fingerprint density at radius 3 is 2.48 bits per heavy atom. The number of carbonyl (C=O) groups is 2. The van der Waals surface area contributed by atoms with Crippen molar-refractivity contribution in [1.29, 1.82) is 0 Å². The number of hydrogen-bond donors (Lipinski definition) is 1. The molecule has 1 unspecified atom stereocenters. The van der Waals surface area contributed by atoms with E-state index in [0.717, 1.165) is 5.56 Å². The molecule has 1 atom stereocenters. The average molecular weight is 366 g/mol. The Labute approximate surface area is 157 Å². The van der Waals surface area contributed by atoms with Crippen molar-refractivity contribution in [1.82, 2.24) is 10.3 Å². The fraction of sp³-hybridized carbons (Fsp3) is 0.286. The van der Waals surface area contributed by atoms with E-state index in [1.165, 1.54) is 0 Å². The van der Waals surface area contributed by atoms with Crippen molar-refractivity contribution in [3.05, 3.63) is 54.1 Å². The summed E-state index contributed by atoms with van der Waals surface area (Å²) < 4.78 is 11.0. The summed E-state index contributed by atoms with van der Waals surface area (Å²) in [5.41, 5.74) is 1.85. The highest BCUT2D eigenvalue weighted by molar-refractivity contribution is 6.03. The number of fused-ring (bicyclic) bond motifs is 1. The van der Waals surface area contributed by atoms with E-state index in [4.69, 9.17) is 9.15 Å². The SMILES string of the molecule is CC(NC(=O)OC(C)(C)C)C(=O)c1ccc2nc(-c3ccccc3)oc2c1. The van der Waals surface area contributed by atoms with Crippen molar-refractivity contribution in [2.24, 2.45) is 0 Å². The molecular formula is C21H22N2O4. The van der Waals surface area contributed by atoms with E-state index >= 15 is 0 Å². The molecule has 140 valence electrons. The zero-order chi connectivity index (χ0) is 19.6. The first-order valence-electron chi connectivity index (χ1n) is 8.73. The maximum Gasteiger partial charge on any atom is 0.408 e. The molecule has 27 heavy (non-hydrogen) atoms. The lowest BCUT2D eigenvalue weighted by molar-refractivity contribution is 0.0497. The van der Waals surface area contributed by atoms with Gasteiger partial charge in [-0.3, -0.25) is 4.79 Å². The molecule has 1 heterocycles.